The molecule has 0 bridgehead atoms. The molecule has 2 aromatic heterocycles. The topological polar surface area (TPSA) is 139 Å². The van der Waals surface area contributed by atoms with E-state index >= 15 is 0 Å². The first-order valence-corrected chi connectivity index (χ1v) is 12.5. The van der Waals surface area contributed by atoms with Crippen molar-refractivity contribution in [1.29, 1.82) is 10.5 Å². The SMILES string of the molecule is CC#CCn1c(N(C)CC(C)N)nc2c1c(=O)n(CC1=CC(C#N)=C3CCCCC3C1C#N)c(=O)n2C. The summed E-state index contributed by atoms with van der Waals surface area (Å²) in [5, 5.41) is 19.9. The number of aryl methyl sites for hydroxylation is 1. The lowest BCUT2D eigenvalue weighted by atomic mass is 9.69. The summed E-state index contributed by atoms with van der Waals surface area (Å²) in [5.74, 6) is 5.81. The van der Waals surface area contributed by atoms with Crippen LogP contribution in [0.1, 0.15) is 39.5 Å². The monoisotopic (exact) mass is 500 g/mol. The molecule has 1 saturated carbocycles. The van der Waals surface area contributed by atoms with E-state index in [4.69, 9.17) is 5.73 Å². The molecule has 2 heterocycles. The third kappa shape index (κ3) is 4.59. The number of aromatic nitrogens is 4. The van der Waals surface area contributed by atoms with E-state index in [1.54, 1.807) is 24.6 Å². The molecular formula is C27H32N8O2. The maximum atomic E-state index is 13.9. The van der Waals surface area contributed by atoms with Gasteiger partial charge in [-0.1, -0.05) is 12.3 Å². The lowest BCUT2D eigenvalue weighted by Gasteiger charge is -2.34. The molecule has 0 saturated heterocycles. The van der Waals surface area contributed by atoms with Crippen LogP contribution in [-0.4, -0.2) is 38.3 Å². The van der Waals surface area contributed by atoms with Crippen molar-refractivity contribution in [3.63, 3.8) is 0 Å². The summed E-state index contributed by atoms with van der Waals surface area (Å²) in [6, 6.07) is 4.54. The van der Waals surface area contributed by atoms with Crippen molar-refractivity contribution in [1.82, 2.24) is 18.7 Å². The van der Waals surface area contributed by atoms with Gasteiger partial charge in [0, 0.05) is 32.6 Å². The van der Waals surface area contributed by atoms with Crippen LogP contribution in [0, 0.1) is 46.3 Å². The van der Waals surface area contributed by atoms with Crippen molar-refractivity contribution in [2.24, 2.45) is 24.6 Å². The van der Waals surface area contributed by atoms with Crippen molar-refractivity contribution in [3.05, 3.63) is 43.6 Å². The molecule has 4 rings (SSSR count). The Balaban J connectivity index is 1.91. The van der Waals surface area contributed by atoms with Crippen LogP contribution in [0.5, 0.6) is 0 Å². The lowest BCUT2D eigenvalue weighted by molar-refractivity contribution is 0.382. The fourth-order valence-electron chi connectivity index (χ4n) is 5.58. The van der Waals surface area contributed by atoms with Gasteiger partial charge in [-0.15, -0.1) is 5.92 Å². The number of nitrogens with zero attached hydrogens (tertiary/aromatic N) is 7. The summed E-state index contributed by atoms with van der Waals surface area (Å²) in [7, 11) is 3.41. The molecule has 10 heteroatoms. The number of nitriles is 2. The molecule has 2 aliphatic rings. The van der Waals surface area contributed by atoms with Crippen LogP contribution in [0.25, 0.3) is 11.2 Å². The molecule has 192 valence electrons. The van der Waals surface area contributed by atoms with E-state index in [0.29, 0.717) is 23.6 Å². The van der Waals surface area contributed by atoms with E-state index in [1.165, 1.54) is 4.57 Å². The molecule has 0 aromatic carbocycles. The average molecular weight is 501 g/mol. The van der Waals surface area contributed by atoms with Gasteiger partial charge in [0.25, 0.3) is 5.56 Å². The average Bonchev–Trinajstić information content (AvgIpc) is 3.27. The second-order valence-electron chi connectivity index (χ2n) is 9.92. The van der Waals surface area contributed by atoms with Crippen LogP contribution in [0.2, 0.25) is 0 Å². The molecule has 0 aliphatic heterocycles. The van der Waals surface area contributed by atoms with Gasteiger partial charge in [0.15, 0.2) is 11.2 Å². The van der Waals surface area contributed by atoms with E-state index in [9.17, 15) is 20.1 Å². The Bertz CT molecular complexity index is 1560. The Morgan fingerprint density at radius 3 is 2.68 bits per heavy atom. The fourth-order valence-corrected chi connectivity index (χ4v) is 5.58. The number of likely N-dealkylation sites (N-methyl/N-ethyl adjacent to an activating group) is 1. The van der Waals surface area contributed by atoms with E-state index < -0.39 is 17.2 Å². The largest absolute Gasteiger partial charge is 0.344 e. The summed E-state index contributed by atoms with van der Waals surface area (Å²) in [4.78, 5) is 33.8. The van der Waals surface area contributed by atoms with Gasteiger partial charge in [0.1, 0.15) is 0 Å². The van der Waals surface area contributed by atoms with Crippen molar-refractivity contribution in [2.75, 3.05) is 18.5 Å². The molecular weight excluding hydrogens is 468 g/mol. The van der Waals surface area contributed by atoms with Gasteiger partial charge in [-0.2, -0.15) is 15.5 Å². The van der Waals surface area contributed by atoms with Crippen LogP contribution >= 0.6 is 0 Å². The van der Waals surface area contributed by atoms with Crippen LogP contribution < -0.4 is 21.9 Å². The van der Waals surface area contributed by atoms with Gasteiger partial charge in [-0.3, -0.25) is 18.5 Å². The molecule has 2 aliphatic carbocycles. The molecule has 1 fully saturated rings. The first-order valence-electron chi connectivity index (χ1n) is 12.5. The Morgan fingerprint density at radius 2 is 2.03 bits per heavy atom. The number of hydrogen-bond acceptors (Lipinski definition) is 7. The molecule has 3 unspecified atom stereocenters. The predicted octanol–water partition coefficient (Wildman–Crippen LogP) is 1.79. The predicted molar refractivity (Wildman–Crippen MR) is 141 cm³/mol. The second-order valence-corrected chi connectivity index (χ2v) is 9.92. The number of imidazole rings is 1. The number of hydrogen-bond donors (Lipinski definition) is 1. The zero-order valence-electron chi connectivity index (χ0n) is 21.8. The van der Waals surface area contributed by atoms with Gasteiger partial charge in [0.2, 0.25) is 5.95 Å². The summed E-state index contributed by atoms with van der Waals surface area (Å²) in [5.41, 5.74) is 7.68. The molecule has 37 heavy (non-hydrogen) atoms. The Kier molecular flexibility index (Phi) is 7.38. The number of rotatable bonds is 6. The smallest absolute Gasteiger partial charge is 0.332 e. The van der Waals surface area contributed by atoms with E-state index in [-0.39, 0.29) is 36.2 Å². The summed E-state index contributed by atoms with van der Waals surface area (Å²) >= 11 is 0. The maximum Gasteiger partial charge on any atom is 0.332 e. The summed E-state index contributed by atoms with van der Waals surface area (Å²) < 4.78 is 4.21. The molecule has 3 atom stereocenters. The highest BCUT2D eigenvalue weighted by atomic mass is 16.2. The lowest BCUT2D eigenvalue weighted by Crippen LogP contribution is -2.41. The summed E-state index contributed by atoms with van der Waals surface area (Å²) in [6.07, 6.45) is 5.32. The normalized spacial score (nSPS) is 19.8. The van der Waals surface area contributed by atoms with E-state index in [1.807, 2.05) is 18.9 Å². The van der Waals surface area contributed by atoms with Gasteiger partial charge in [0.05, 0.1) is 36.7 Å². The Labute approximate surface area is 215 Å². The van der Waals surface area contributed by atoms with Crippen molar-refractivity contribution < 1.29 is 0 Å². The summed E-state index contributed by atoms with van der Waals surface area (Å²) in [6.45, 7) is 4.24. The van der Waals surface area contributed by atoms with Crippen molar-refractivity contribution in [2.45, 2.75) is 58.7 Å². The molecule has 2 aromatic rings. The van der Waals surface area contributed by atoms with Crippen LogP contribution in [0.4, 0.5) is 5.95 Å². The minimum atomic E-state index is -0.528. The molecule has 0 amide bonds. The van der Waals surface area contributed by atoms with Crippen LogP contribution in [0.15, 0.2) is 32.4 Å². The third-order valence-electron chi connectivity index (χ3n) is 7.27. The first kappa shape index (κ1) is 26.0. The Morgan fingerprint density at radius 1 is 1.27 bits per heavy atom. The molecule has 10 nitrogen and oxygen atoms in total. The Hall–Kier alpha value is -4.07. The highest BCUT2D eigenvalue weighted by Crippen LogP contribution is 2.43. The minimum Gasteiger partial charge on any atom is -0.344 e. The zero-order valence-corrected chi connectivity index (χ0v) is 21.8. The minimum absolute atomic E-state index is 0.0550. The quantitative estimate of drug-likeness (QED) is 0.597. The van der Waals surface area contributed by atoms with Crippen LogP contribution in [0.3, 0.4) is 0 Å². The van der Waals surface area contributed by atoms with E-state index in [0.717, 1.165) is 35.8 Å². The maximum absolute atomic E-state index is 13.9. The standard InChI is InChI=1S/C27H32N8O2/c1-5-6-11-34-23-24(31-26(34)32(3)15-17(2)30)33(4)27(37)35(25(23)36)16-19-12-18(13-28)20-9-7-8-10-21(20)22(19)14-29/h12,17,21-22H,7-11,15-16,30H2,1-4H3. The number of nitrogens with two attached hydrogens (primary N) is 1. The van der Waals surface area contributed by atoms with Gasteiger partial charge < -0.3 is 10.6 Å². The molecule has 0 spiro atoms. The first-order chi connectivity index (χ1) is 17.7. The second kappa shape index (κ2) is 10.5. The third-order valence-corrected chi connectivity index (χ3v) is 7.27. The van der Waals surface area contributed by atoms with Crippen molar-refractivity contribution >= 4 is 17.1 Å². The number of anilines is 1. The zero-order chi connectivity index (χ0) is 26.9. The number of allylic oxidation sites excluding steroid dienone is 4. The van der Waals surface area contributed by atoms with Crippen LogP contribution in [-0.2, 0) is 20.1 Å². The van der Waals surface area contributed by atoms with Gasteiger partial charge in [-0.05, 0) is 50.3 Å². The van der Waals surface area contributed by atoms with E-state index in [2.05, 4.69) is 29.0 Å². The van der Waals surface area contributed by atoms with Gasteiger partial charge in [-0.25, -0.2) is 4.79 Å². The molecule has 0 radical (unpaired) electrons. The highest BCUT2D eigenvalue weighted by Gasteiger charge is 2.35. The highest BCUT2D eigenvalue weighted by molar-refractivity contribution is 5.74. The van der Waals surface area contributed by atoms with Crippen molar-refractivity contribution in [3.8, 4) is 24.0 Å². The number of fused-ring (bicyclic) bond motifs is 2. The molecule has 2 N–H and O–H groups in total. The van der Waals surface area contributed by atoms with Gasteiger partial charge >= 0.3 is 5.69 Å². The fraction of sp³-hybridized carbons (Fsp3) is 0.519.